The van der Waals surface area contributed by atoms with Gasteiger partial charge in [0.2, 0.25) is 0 Å². The van der Waals surface area contributed by atoms with Crippen molar-refractivity contribution in [1.29, 1.82) is 0 Å². The number of hydrogen-bond donors (Lipinski definition) is 2. The number of rotatable bonds is 10. The second-order valence-corrected chi connectivity index (χ2v) is 9.51. The van der Waals surface area contributed by atoms with Crippen LogP contribution in [-0.4, -0.2) is 26.1 Å². The maximum atomic E-state index is 16.0. The predicted molar refractivity (Wildman–Crippen MR) is 141 cm³/mol. The maximum Gasteiger partial charge on any atom is 0.251 e. The molecule has 1 unspecified atom stereocenters. The Morgan fingerprint density at radius 3 is 2.59 bits per heavy atom. The van der Waals surface area contributed by atoms with Crippen molar-refractivity contribution in [2.24, 2.45) is 5.73 Å². The Balaban J connectivity index is 1.94. The zero-order chi connectivity index (χ0) is 26.6. The smallest absolute Gasteiger partial charge is 0.251 e. The highest BCUT2D eigenvalue weighted by Crippen LogP contribution is 2.52. The van der Waals surface area contributed by atoms with Crippen molar-refractivity contribution in [3.8, 4) is 22.6 Å². The molecule has 3 aromatic rings. The van der Waals surface area contributed by atoms with E-state index in [-0.39, 0.29) is 39.8 Å². The Bertz CT molecular complexity index is 1290. The first-order valence-corrected chi connectivity index (χ1v) is 12.9. The second-order valence-electron chi connectivity index (χ2n) is 9.14. The molecule has 5 nitrogen and oxygen atoms in total. The molecule has 1 atom stereocenters. The van der Waals surface area contributed by atoms with E-state index in [1.807, 2.05) is 37.3 Å². The van der Waals surface area contributed by atoms with Crippen LogP contribution in [0.1, 0.15) is 54.1 Å². The van der Waals surface area contributed by atoms with Crippen molar-refractivity contribution in [2.45, 2.75) is 44.6 Å². The summed E-state index contributed by atoms with van der Waals surface area (Å²) in [5, 5.41) is 2.26. The molecular formula is C29H31ClF2N2O3. The highest BCUT2D eigenvalue weighted by Gasteiger charge is 2.43. The molecule has 1 aliphatic rings. The summed E-state index contributed by atoms with van der Waals surface area (Å²) in [6.07, 6.45) is 3.18. The van der Waals surface area contributed by atoms with Gasteiger partial charge < -0.3 is 20.5 Å². The number of nitrogens with two attached hydrogens (primary N) is 1. The van der Waals surface area contributed by atoms with Crippen LogP contribution < -0.4 is 20.5 Å². The number of hydrogen-bond acceptors (Lipinski definition) is 4. The fourth-order valence-electron chi connectivity index (χ4n) is 4.89. The summed E-state index contributed by atoms with van der Waals surface area (Å²) in [5.74, 6) is -1.82. The van der Waals surface area contributed by atoms with Crippen LogP contribution in [-0.2, 0) is 12.0 Å². The van der Waals surface area contributed by atoms with Gasteiger partial charge in [0.25, 0.3) is 5.91 Å². The third-order valence-electron chi connectivity index (χ3n) is 6.68. The molecule has 8 heteroatoms. The van der Waals surface area contributed by atoms with Crippen LogP contribution in [0, 0.1) is 11.6 Å². The second kappa shape index (κ2) is 11.5. The monoisotopic (exact) mass is 528 g/mol. The highest BCUT2D eigenvalue weighted by molar-refractivity contribution is 6.34. The third-order valence-corrected chi connectivity index (χ3v) is 7.05. The molecule has 3 aromatic carbocycles. The Morgan fingerprint density at radius 1 is 1.16 bits per heavy atom. The van der Waals surface area contributed by atoms with E-state index in [0.29, 0.717) is 31.4 Å². The van der Waals surface area contributed by atoms with Crippen molar-refractivity contribution in [3.63, 3.8) is 0 Å². The van der Waals surface area contributed by atoms with Gasteiger partial charge in [0, 0.05) is 36.2 Å². The summed E-state index contributed by atoms with van der Waals surface area (Å²) in [7, 11) is 1.45. The fourth-order valence-corrected chi connectivity index (χ4v) is 5.15. The Hall–Kier alpha value is -3.16. The SMILES string of the molecule is CCCOc1ccc(C(=O)NC)c(-c2c(Cl)c(F)cc3c2CC(CCCCN)(c2ccccc2)O3)c1F. The van der Waals surface area contributed by atoms with Crippen molar-refractivity contribution < 1.29 is 23.0 Å². The number of unbranched alkanes of at least 4 members (excludes halogenated alkanes) is 1. The molecule has 0 bridgehead atoms. The van der Waals surface area contributed by atoms with Gasteiger partial charge in [-0.1, -0.05) is 48.9 Å². The van der Waals surface area contributed by atoms with Gasteiger partial charge in [-0.15, -0.1) is 0 Å². The van der Waals surface area contributed by atoms with Gasteiger partial charge in [0.15, 0.2) is 11.6 Å². The molecule has 0 saturated heterocycles. The molecule has 196 valence electrons. The van der Waals surface area contributed by atoms with E-state index in [9.17, 15) is 4.79 Å². The molecular weight excluding hydrogens is 498 g/mol. The lowest BCUT2D eigenvalue weighted by atomic mass is 9.82. The maximum absolute atomic E-state index is 16.0. The van der Waals surface area contributed by atoms with Gasteiger partial charge in [-0.2, -0.15) is 0 Å². The van der Waals surface area contributed by atoms with Crippen LogP contribution in [0.15, 0.2) is 48.5 Å². The fraction of sp³-hybridized carbons (Fsp3) is 0.345. The summed E-state index contributed by atoms with van der Waals surface area (Å²) >= 11 is 6.54. The van der Waals surface area contributed by atoms with Crippen LogP contribution in [0.3, 0.4) is 0 Å². The number of halogens is 3. The molecule has 1 heterocycles. The van der Waals surface area contributed by atoms with Crippen LogP contribution in [0.4, 0.5) is 8.78 Å². The molecule has 0 spiro atoms. The molecule has 37 heavy (non-hydrogen) atoms. The van der Waals surface area contributed by atoms with Crippen molar-refractivity contribution in [1.82, 2.24) is 5.32 Å². The van der Waals surface area contributed by atoms with Crippen molar-refractivity contribution in [3.05, 3.63) is 81.9 Å². The van der Waals surface area contributed by atoms with Crippen molar-refractivity contribution in [2.75, 3.05) is 20.2 Å². The van der Waals surface area contributed by atoms with E-state index in [4.69, 9.17) is 26.8 Å². The number of ether oxygens (including phenoxy) is 2. The summed E-state index contributed by atoms with van der Waals surface area (Å²) in [5.41, 5.74) is 6.41. The molecule has 1 amide bonds. The Kier molecular flexibility index (Phi) is 8.35. The predicted octanol–water partition coefficient (Wildman–Crippen LogP) is 6.39. The average molecular weight is 529 g/mol. The summed E-state index contributed by atoms with van der Waals surface area (Å²) < 4.78 is 43.4. The summed E-state index contributed by atoms with van der Waals surface area (Å²) in [6, 6.07) is 13.8. The number of fused-ring (bicyclic) bond motifs is 1. The normalized spacial score (nSPS) is 16.3. The van der Waals surface area contributed by atoms with Gasteiger partial charge in [-0.05, 0) is 49.9 Å². The first kappa shape index (κ1) is 26.9. The zero-order valence-electron chi connectivity index (χ0n) is 21.0. The van der Waals surface area contributed by atoms with Gasteiger partial charge in [-0.3, -0.25) is 4.79 Å². The number of nitrogens with one attached hydrogen (secondary N) is 1. The summed E-state index contributed by atoms with van der Waals surface area (Å²) in [6.45, 7) is 2.72. The molecule has 0 radical (unpaired) electrons. The first-order chi connectivity index (χ1) is 17.9. The Labute approximate surface area is 220 Å². The van der Waals surface area contributed by atoms with Gasteiger partial charge in [0.1, 0.15) is 17.2 Å². The van der Waals surface area contributed by atoms with Crippen LogP contribution in [0.2, 0.25) is 5.02 Å². The van der Waals surface area contributed by atoms with Crippen LogP contribution >= 0.6 is 11.6 Å². The molecule has 1 aliphatic heterocycles. The minimum atomic E-state index is -0.815. The van der Waals surface area contributed by atoms with Crippen LogP contribution in [0.5, 0.6) is 11.5 Å². The lowest BCUT2D eigenvalue weighted by Crippen LogP contribution is -2.31. The van der Waals surface area contributed by atoms with E-state index in [1.54, 1.807) is 0 Å². The standard InChI is InChI=1S/C29H31ClF2N2O3/c1-3-15-36-22-12-11-19(28(35)34-2)25(27(22)32)24-20-17-29(13-7-8-14-33,18-9-5-4-6-10-18)37-23(20)16-21(31)26(24)30/h4-6,9-12,16H,3,7-8,13-15,17,33H2,1-2H3,(H,34,35). The topological polar surface area (TPSA) is 73.6 Å². The Morgan fingerprint density at radius 2 is 1.92 bits per heavy atom. The van der Waals surface area contributed by atoms with Gasteiger partial charge in [0.05, 0.1) is 17.2 Å². The van der Waals surface area contributed by atoms with Crippen LogP contribution in [0.25, 0.3) is 11.1 Å². The minimum Gasteiger partial charge on any atom is -0.491 e. The molecule has 0 saturated carbocycles. The first-order valence-electron chi connectivity index (χ1n) is 12.5. The lowest BCUT2D eigenvalue weighted by molar-refractivity contribution is 0.0793. The largest absolute Gasteiger partial charge is 0.491 e. The van der Waals surface area contributed by atoms with E-state index in [2.05, 4.69) is 5.32 Å². The quantitative estimate of drug-likeness (QED) is 0.299. The number of carbonyl (C=O) groups excluding carboxylic acids is 1. The van der Waals surface area contributed by atoms with E-state index < -0.39 is 23.1 Å². The molecule has 0 fully saturated rings. The van der Waals surface area contributed by atoms with E-state index in [1.165, 1.54) is 25.2 Å². The lowest BCUT2D eigenvalue weighted by Gasteiger charge is -2.29. The third kappa shape index (κ3) is 5.15. The highest BCUT2D eigenvalue weighted by atomic mass is 35.5. The zero-order valence-corrected chi connectivity index (χ0v) is 21.8. The average Bonchev–Trinajstić information content (AvgIpc) is 3.28. The van der Waals surface area contributed by atoms with E-state index >= 15 is 8.78 Å². The number of benzene rings is 3. The molecule has 3 N–H and O–H groups in total. The number of amides is 1. The molecule has 4 rings (SSSR count). The summed E-state index contributed by atoms with van der Waals surface area (Å²) in [4.78, 5) is 12.8. The van der Waals surface area contributed by atoms with Gasteiger partial charge >= 0.3 is 0 Å². The minimum absolute atomic E-state index is 0.0268. The molecule has 0 aliphatic carbocycles. The van der Waals surface area contributed by atoms with Crippen molar-refractivity contribution >= 4 is 17.5 Å². The van der Waals surface area contributed by atoms with Gasteiger partial charge in [-0.25, -0.2) is 8.78 Å². The molecule has 0 aromatic heterocycles. The van der Waals surface area contributed by atoms with E-state index in [0.717, 1.165) is 18.4 Å². The number of carbonyl (C=O) groups is 1.